The number of benzene rings is 1. The zero-order valence-corrected chi connectivity index (χ0v) is 17.6. The Morgan fingerprint density at radius 2 is 1.62 bits per heavy atom. The van der Waals surface area contributed by atoms with Crippen LogP contribution in [0.25, 0.3) is 0 Å². The van der Waals surface area contributed by atoms with Crippen molar-refractivity contribution >= 4 is 5.84 Å². The average Bonchev–Trinajstić information content (AvgIpc) is 3.02. The molecule has 166 valence electrons. The van der Waals surface area contributed by atoms with Crippen LogP contribution in [0, 0.1) is 5.82 Å². The second kappa shape index (κ2) is 7.58. The number of alkyl halides is 3. The first-order valence-corrected chi connectivity index (χ1v) is 9.83. The van der Waals surface area contributed by atoms with Gasteiger partial charge >= 0.3 is 6.18 Å². The summed E-state index contributed by atoms with van der Waals surface area (Å²) in [5.41, 5.74) is -0.596. The molecule has 0 fully saturated rings. The van der Waals surface area contributed by atoms with Crippen LogP contribution in [-0.2, 0) is 18.8 Å². The zero-order valence-electron chi connectivity index (χ0n) is 17.6. The van der Waals surface area contributed by atoms with E-state index in [0.717, 1.165) is 6.07 Å². The molecule has 0 saturated carbocycles. The second-order valence-corrected chi connectivity index (χ2v) is 7.79. The summed E-state index contributed by atoms with van der Waals surface area (Å²) in [6.45, 7) is 1.89. The predicted molar refractivity (Wildman–Crippen MR) is 112 cm³/mol. The van der Waals surface area contributed by atoms with E-state index in [1.165, 1.54) is 35.0 Å². The third-order valence-corrected chi connectivity index (χ3v) is 5.92. The van der Waals surface area contributed by atoms with Gasteiger partial charge in [0.15, 0.2) is 0 Å². The van der Waals surface area contributed by atoms with Gasteiger partial charge in [0.25, 0.3) is 0 Å². The van der Waals surface area contributed by atoms with Gasteiger partial charge in [0.05, 0.1) is 6.04 Å². The third kappa shape index (κ3) is 3.47. The van der Waals surface area contributed by atoms with E-state index in [4.69, 9.17) is 4.99 Å². The quantitative estimate of drug-likeness (QED) is 0.575. The van der Waals surface area contributed by atoms with Crippen LogP contribution >= 0.6 is 0 Å². The molecule has 0 N–H and O–H groups in total. The topological polar surface area (TPSA) is 50.5 Å². The number of nitrogens with zero attached hydrogens (tertiary/aromatic N) is 4. The number of amidine groups is 1. The Morgan fingerprint density at radius 3 is 2.19 bits per heavy atom. The number of aryl methyl sites for hydroxylation is 1. The Labute approximate surface area is 181 Å². The van der Waals surface area contributed by atoms with Crippen LogP contribution < -0.4 is 5.56 Å². The van der Waals surface area contributed by atoms with Crippen LogP contribution in [-0.4, -0.2) is 33.4 Å². The number of halogens is 4. The lowest BCUT2D eigenvalue weighted by Gasteiger charge is -2.34. The Bertz CT molecular complexity index is 1230. The molecule has 0 amide bonds. The number of hydrogen-bond acceptors (Lipinski definition) is 4. The van der Waals surface area contributed by atoms with E-state index in [-0.39, 0.29) is 11.6 Å². The van der Waals surface area contributed by atoms with Gasteiger partial charge in [-0.05, 0) is 36.8 Å². The van der Waals surface area contributed by atoms with Crippen LogP contribution in [0.2, 0.25) is 0 Å². The van der Waals surface area contributed by atoms with Crippen LogP contribution in [0.3, 0.4) is 0 Å². The molecule has 0 radical (unpaired) electrons. The molecule has 3 heterocycles. The molecule has 1 aliphatic rings. The molecular weight excluding hydrogens is 424 g/mol. The molecule has 5 nitrogen and oxygen atoms in total. The molecule has 0 saturated heterocycles. The fraction of sp³-hybridized carbons (Fsp3) is 0.261. The summed E-state index contributed by atoms with van der Waals surface area (Å²) in [7, 11) is 3.44. The lowest BCUT2D eigenvalue weighted by atomic mass is 9.79. The Balaban J connectivity index is 1.95. The number of aliphatic imine (C=N–C) groups is 1. The van der Waals surface area contributed by atoms with Crippen LogP contribution in [0.4, 0.5) is 17.6 Å². The molecule has 1 aliphatic heterocycles. The molecule has 2 atom stereocenters. The van der Waals surface area contributed by atoms with Crippen molar-refractivity contribution in [2.75, 3.05) is 7.05 Å². The van der Waals surface area contributed by atoms with Crippen LogP contribution in [0.1, 0.15) is 29.3 Å². The van der Waals surface area contributed by atoms with Crippen molar-refractivity contribution < 1.29 is 17.6 Å². The van der Waals surface area contributed by atoms with Crippen LogP contribution in [0.15, 0.2) is 70.7 Å². The molecule has 0 bridgehead atoms. The number of pyridine rings is 2. The van der Waals surface area contributed by atoms with Crippen molar-refractivity contribution in [3.8, 4) is 0 Å². The fourth-order valence-electron chi connectivity index (χ4n) is 4.07. The van der Waals surface area contributed by atoms with Gasteiger partial charge in [-0.1, -0.05) is 18.2 Å². The summed E-state index contributed by atoms with van der Waals surface area (Å²) in [5.74, 6) is 0.119. The first kappa shape index (κ1) is 21.7. The first-order chi connectivity index (χ1) is 15.0. The maximum absolute atomic E-state index is 13.7. The van der Waals surface area contributed by atoms with Gasteiger partial charge in [0.2, 0.25) is 5.56 Å². The standard InChI is InChI=1S/C23H20F4N4O/c1-14-22(16-5-8-18(24)9-6-16,17-7-10-19(28-12-17)23(25,26)27)29-21(31(14)3)15-4-11-20(32)30(2)13-15/h4-14H,1-3H3/t14-,22+/m0/s1. The van der Waals surface area contributed by atoms with Crippen molar-refractivity contribution in [2.45, 2.75) is 24.7 Å². The van der Waals surface area contributed by atoms with E-state index < -0.39 is 23.2 Å². The highest BCUT2D eigenvalue weighted by Gasteiger charge is 2.48. The van der Waals surface area contributed by atoms with Gasteiger partial charge in [0, 0.05) is 43.7 Å². The van der Waals surface area contributed by atoms with Crippen LogP contribution in [0.5, 0.6) is 0 Å². The van der Waals surface area contributed by atoms with E-state index in [9.17, 15) is 22.4 Å². The molecule has 32 heavy (non-hydrogen) atoms. The Kier molecular flexibility index (Phi) is 5.15. The lowest BCUT2D eigenvalue weighted by Crippen LogP contribution is -2.42. The summed E-state index contributed by atoms with van der Waals surface area (Å²) in [5, 5.41) is 0. The molecule has 0 unspecified atom stereocenters. The third-order valence-electron chi connectivity index (χ3n) is 5.92. The summed E-state index contributed by atoms with van der Waals surface area (Å²) < 4.78 is 54.3. The van der Waals surface area contributed by atoms with E-state index in [2.05, 4.69) is 4.98 Å². The number of likely N-dealkylation sites (N-methyl/N-ethyl adjacent to an activating group) is 1. The molecule has 0 aliphatic carbocycles. The van der Waals surface area contributed by atoms with Gasteiger partial charge < -0.3 is 9.47 Å². The molecule has 9 heteroatoms. The monoisotopic (exact) mass is 444 g/mol. The largest absolute Gasteiger partial charge is 0.433 e. The number of rotatable bonds is 3. The lowest BCUT2D eigenvalue weighted by molar-refractivity contribution is -0.141. The SMILES string of the molecule is C[C@@H]1N(C)C(c2ccc(=O)n(C)c2)=N[C@]1(c1ccc(F)cc1)c1ccc(C(F)(F)F)nc1. The Morgan fingerprint density at radius 1 is 0.969 bits per heavy atom. The predicted octanol–water partition coefficient (Wildman–Crippen LogP) is 3.96. The maximum Gasteiger partial charge on any atom is 0.433 e. The van der Waals surface area contributed by atoms with E-state index in [0.29, 0.717) is 22.5 Å². The summed E-state index contributed by atoms with van der Waals surface area (Å²) in [6.07, 6.45) is -1.75. The van der Waals surface area contributed by atoms with Gasteiger partial charge in [-0.3, -0.25) is 9.78 Å². The van der Waals surface area contributed by atoms with E-state index in [1.54, 1.807) is 31.4 Å². The molecule has 4 rings (SSSR count). The van der Waals surface area contributed by atoms with E-state index in [1.807, 2.05) is 18.9 Å². The van der Waals surface area contributed by atoms with E-state index >= 15 is 0 Å². The minimum atomic E-state index is -4.57. The minimum absolute atomic E-state index is 0.181. The van der Waals surface area contributed by atoms with Gasteiger partial charge in [0.1, 0.15) is 22.9 Å². The fourth-order valence-corrected chi connectivity index (χ4v) is 4.07. The zero-order chi connectivity index (χ0) is 23.3. The smallest absolute Gasteiger partial charge is 0.354 e. The van der Waals surface area contributed by atoms with Crippen molar-refractivity contribution in [2.24, 2.45) is 12.0 Å². The highest BCUT2D eigenvalue weighted by atomic mass is 19.4. The molecule has 0 spiro atoms. The Hall–Kier alpha value is -3.49. The molecular formula is C23H20F4N4O. The van der Waals surface area contributed by atoms with Crippen molar-refractivity contribution in [3.05, 3.63) is 99.5 Å². The number of aromatic nitrogens is 2. The summed E-state index contributed by atoms with van der Waals surface area (Å²) in [6, 6.07) is 10.7. The maximum atomic E-state index is 13.7. The second-order valence-electron chi connectivity index (χ2n) is 7.79. The van der Waals surface area contributed by atoms with Crippen molar-refractivity contribution in [3.63, 3.8) is 0 Å². The normalized spacial score (nSPS) is 21.0. The minimum Gasteiger partial charge on any atom is -0.354 e. The first-order valence-electron chi connectivity index (χ1n) is 9.83. The highest BCUT2D eigenvalue weighted by Crippen LogP contribution is 2.44. The van der Waals surface area contributed by atoms with Gasteiger partial charge in [-0.25, -0.2) is 9.38 Å². The molecule has 3 aromatic rings. The van der Waals surface area contributed by atoms with Gasteiger partial charge in [-0.15, -0.1) is 0 Å². The highest BCUT2D eigenvalue weighted by molar-refractivity contribution is 6.00. The summed E-state index contributed by atoms with van der Waals surface area (Å²) >= 11 is 0. The molecule has 1 aromatic carbocycles. The molecule has 2 aromatic heterocycles. The van der Waals surface area contributed by atoms with Crippen molar-refractivity contribution in [1.82, 2.24) is 14.5 Å². The van der Waals surface area contributed by atoms with Crippen molar-refractivity contribution in [1.29, 1.82) is 0 Å². The summed E-state index contributed by atoms with van der Waals surface area (Å²) in [4.78, 5) is 22.3. The average molecular weight is 444 g/mol. The number of hydrogen-bond donors (Lipinski definition) is 0. The van der Waals surface area contributed by atoms with Gasteiger partial charge in [-0.2, -0.15) is 13.2 Å².